The number of methoxy groups -OCH3 is 4. The molecule has 0 aromatic rings. The van der Waals surface area contributed by atoms with E-state index >= 15 is 0 Å². The van der Waals surface area contributed by atoms with Crippen molar-refractivity contribution in [1.82, 2.24) is 0 Å². The Kier molecular flexibility index (Phi) is 21.4. The molecule has 0 radical (unpaired) electrons. The molecule has 3 unspecified atom stereocenters. The third-order valence-corrected chi connectivity index (χ3v) is 22.5. The van der Waals surface area contributed by atoms with Crippen LogP contribution in [0.2, 0.25) is 0 Å². The van der Waals surface area contributed by atoms with Gasteiger partial charge in [0, 0.05) is 85.7 Å². The van der Waals surface area contributed by atoms with Crippen molar-refractivity contribution in [3.8, 4) is 0 Å². The van der Waals surface area contributed by atoms with Gasteiger partial charge in [0.25, 0.3) is 0 Å². The van der Waals surface area contributed by atoms with E-state index < -0.39 is 177 Å². The van der Waals surface area contributed by atoms with Crippen molar-refractivity contribution in [2.75, 3.05) is 35.0 Å². The lowest BCUT2D eigenvalue weighted by atomic mass is 9.52. The highest BCUT2D eigenvalue weighted by Gasteiger charge is 2.72. The van der Waals surface area contributed by atoms with Gasteiger partial charge in [0.1, 0.15) is 54.9 Å². The number of hydrogen-bond donors (Lipinski definition) is 5. The highest BCUT2D eigenvalue weighted by Crippen LogP contribution is 2.67. The third kappa shape index (κ3) is 13.3. The molecular formula is C63H102O26. The number of aliphatic hydroxyl groups excluding tert-OH is 5. The molecule has 0 amide bonds. The van der Waals surface area contributed by atoms with E-state index in [4.69, 9.17) is 90.0 Å². The lowest BCUT2D eigenvalue weighted by Gasteiger charge is -2.57. The van der Waals surface area contributed by atoms with E-state index in [0.29, 0.717) is 31.6 Å². The van der Waals surface area contributed by atoms with Crippen LogP contribution >= 0.6 is 0 Å². The van der Waals surface area contributed by atoms with Gasteiger partial charge in [-0.15, -0.1) is 0 Å². The average molecular weight is 1280 g/mol. The number of aliphatic hydroxyl groups is 5. The molecule has 2 bridgehead atoms. The maximum absolute atomic E-state index is 14.0. The molecule has 26 nitrogen and oxygen atoms in total. The first kappa shape index (κ1) is 68.6. The summed E-state index contributed by atoms with van der Waals surface area (Å²) in [5, 5.41) is 52.3. The lowest BCUT2D eigenvalue weighted by molar-refractivity contribution is -0.359. The second-order valence-corrected chi connectivity index (χ2v) is 27.8. The Morgan fingerprint density at radius 2 is 1.00 bits per heavy atom. The molecule has 5 N–H and O–H groups in total. The minimum absolute atomic E-state index is 0.0189. The van der Waals surface area contributed by atoms with E-state index in [9.17, 15) is 35.1 Å². The van der Waals surface area contributed by atoms with Gasteiger partial charge in [-0.1, -0.05) is 6.92 Å². The first-order valence-corrected chi connectivity index (χ1v) is 32.7. The van der Waals surface area contributed by atoms with Crippen molar-refractivity contribution >= 4 is 11.8 Å². The highest BCUT2D eigenvalue weighted by atomic mass is 16.8. The topological polar surface area (TPSA) is 311 Å². The number of hydrogen-bond acceptors (Lipinski definition) is 26. The van der Waals surface area contributed by atoms with Gasteiger partial charge in [-0.2, -0.15) is 0 Å². The van der Waals surface area contributed by atoms with Gasteiger partial charge in [0.15, 0.2) is 55.4 Å². The van der Waals surface area contributed by atoms with Crippen LogP contribution in [0.5, 0.6) is 0 Å². The Morgan fingerprint density at radius 3 is 1.48 bits per heavy atom. The van der Waals surface area contributed by atoms with E-state index in [-0.39, 0.29) is 60.3 Å². The maximum atomic E-state index is 14.0. The van der Waals surface area contributed by atoms with Gasteiger partial charge in [0.2, 0.25) is 0 Å². The number of carbonyl (C=O) groups excluding carboxylic acids is 2. The minimum atomic E-state index is -1.61. The van der Waals surface area contributed by atoms with Crippen LogP contribution in [0.15, 0.2) is 0 Å². The van der Waals surface area contributed by atoms with E-state index in [1.54, 1.807) is 35.2 Å². The van der Waals surface area contributed by atoms with Crippen LogP contribution in [0, 0.1) is 28.6 Å². The first-order valence-electron chi connectivity index (χ1n) is 32.7. The Balaban J connectivity index is 0.627. The smallest absolute Gasteiger partial charge is 0.303 e. The molecule has 1 spiro atoms. The standard InChI is InChI=1S/C63H102O26/c1-27-36-19-42(80-33(7)65)59(70)62(36,9)45-25-44-61(8)16-15-35(18-34(61)14-17-63(44,88-27)89-45)81-47-21-38(71-10)56(29(3)76-47)85-50-23-40(73-12)57(31(5)78-50)86-49-22-39(72-11)55(30(4)77-49)84-46-20-37(66)54(28(2)75-46)83-48-24-41(74-13)58(32(6)79-48)87-60-53(69)52(68)51(67)43(26-64)82-60/h27-32,34-58,60,64,66-69H,14-26H2,1-13H3/t27?,28-,29-,30-,31-,32-,34?,35+,36-,37+,38-,39-,40+,41-,42-,43-,44-,45?,46+,47+,48+,49+,50+,51-,52+,53-,54-,55-,56-,57-,58-,60+,61+,62+,63+/m1/s1. The third-order valence-electron chi connectivity index (χ3n) is 22.5. The summed E-state index contributed by atoms with van der Waals surface area (Å²) in [4.78, 5) is 26.0. The van der Waals surface area contributed by atoms with Crippen molar-refractivity contribution in [2.24, 2.45) is 28.6 Å². The molecule has 89 heavy (non-hydrogen) atoms. The summed E-state index contributed by atoms with van der Waals surface area (Å²) >= 11 is 0. The normalized spacial score (nSPS) is 53.5. The molecule has 35 atom stereocenters. The number of ether oxygens (including phenoxy) is 19. The zero-order chi connectivity index (χ0) is 63.8. The van der Waals surface area contributed by atoms with Crippen molar-refractivity contribution in [1.29, 1.82) is 0 Å². The van der Waals surface area contributed by atoms with E-state index in [2.05, 4.69) is 13.8 Å². The molecule has 3 aliphatic carbocycles. The van der Waals surface area contributed by atoms with Gasteiger partial charge < -0.3 is 116 Å². The van der Waals surface area contributed by atoms with Crippen molar-refractivity contribution in [3.05, 3.63) is 0 Å². The van der Waals surface area contributed by atoms with Crippen LogP contribution in [-0.2, 0) is 99.6 Å². The number of Topliss-reactive ketones (excluding diaryl/α,β-unsaturated/α-hetero) is 1. The Morgan fingerprint density at radius 1 is 0.528 bits per heavy atom. The fourth-order valence-electron chi connectivity index (χ4n) is 17.6. The molecule has 11 aliphatic rings. The number of esters is 1. The average Bonchev–Trinajstić information content (AvgIpc) is 1.55. The predicted molar refractivity (Wildman–Crippen MR) is 305 cm³/mol. The number of fused-ring (bicyclic) bond motifs is 5. The quantitative estimate of drug-likeness (QED) is 0.0973. The Hall–Kier alpha value is -1.78. The van der Waals surface area contributed by atoms with E-state index in [1.807, 2.05) is 27.7 Å². The van der Waals surface area contributed by atoms with Gasteiger partial charge >= 0.3 is 5.97 Å². The van der Waals surface area contributed by atoms with Gasteiger partial charge in [-0.3, -0.25) is 9.59 Å². The summed E-state index contributed by atoms with van der Waals surface area (Å²) in [5.74, 6) is -0.877. The predicted octanol–water partition coefficient (Wildman–Crippen LogP) is 2.84. The van der Waals surface area contributed by atoms with Crippen LogP contribution < -0.4 is 0 Å². The molecule has 0 aromatic carbocycles. The number of rotatable bonds is 18. The first-order chi connectivity index (χ1) is 42.3. The molecule has 11 rings (SSSR count). The van der Waals surface area contributed by atoms with E-state index in [1.165, 1.54) is 14.0 Å². The number of carbonyl (C=O) groups is 2. The molecule has 26 heteroatoms. The summed E-state index contributed by atoms with van der Waals surface area (Å²) in [6.07, 6.45) is -14.1. The Bertz CT molecular complexity index is 2360. The maximum Gasteiger partial charge on any atom is 0.303 e. The second-order valence-electron chi connectivity index (χ2n) is 27.8. The monoisotopic (exact) mass is 1270 g/mol. The van der Waals surface area contributed by atoms with Crippen LogP contribution in [0.3, 0.4) is 0 Å². The Labute approximate surface area is 522 Å². The summed E-state index contributed by atoms with van der Waals surface area (Å²) in [6, 6.07) is 0. The summed E-state index contributed by atoms with van der Waals surface area (Å²) in [7, 11) is 6.41. The molecule has 8 heterocycles. The van der Waals surface area contributed by atoms with Crippen LogP contribution in [0.1, 0.15) is 139 Å². The molecule has 3 saturated carbocycles. The summed E-state index contributed by atoms with van der Waals surface area (Å²) < 4.78 is 120. The molecule has 11 fully saturated rings. The molecule has 8 saturated heterocycles. The van der Waals surface area contributed by atoms with Crippen molar-refractivity contribution in [3.63, 3.8) is 0 Å². The largest absolute Gasteiger partial charge is 0.455 e. The molecule has 0 aromatic heterocycles. The van der Waals surface area contributed by atoms with Gasteiger partial charge in [-0.25, -0.2) is 0 Å². The fraction of sp³-hybridized carbons (Fsp3) is 0.968. The second kappa shape index (κ2) is 27.7. The van der Waals surface area contributed by atoms with Crippen LogP contribution in [-0.4, -0.2) is 256 Å². The summed E-state index contributed by atoms with van der Waals surface area (Å²) in [6.45, 7) is 16.5. The summed E-state index contributed by atoms with van der Waals surface area (Å²) in [5.41, 5.74) is -0.887. The number of ketones is 1. The van der Waals surface area contributed by atoms with Crippen molar-refractivity contribution < 1.29 is 125 Å². The van der Waals surface area contributed by atoms with Gasteiger partial charge in [-0.05, 0) is 98.3 Å². The zero-order valence-corrected chi connectivity index (χ0v) is 54.0. The lowest BCUT2D eigenvalue weighted by Crippen LogP contribution is -2.62. The zero-order valence-electron chi connectivity index (χ0n) is 54.0. The SMILES string of the molecule is CO[C@H]1C[C@H](O[C@@H]2[C@@H](C)O[C@@H](O[C@H]3CC[C@@]4(C)C(CC[C@@]56OC(C)[C@H]7C[C@@H](OC(C)=O)C(=O)[C@]7(C)C(C[C@@H]54)O6)C3)C[C@H]2OC)O[C@H](C)[C@H]1O[C@H]1C[C@@H](OC)[C@H](O[C@H]2C[C@H](O)[C@H](O[C@H]3C[C@@H](OC)[C@H](O[C@@H]4O[C@H](CO)[C@@H](O)[C@H](O)[C@H]4O)[C@@H](C)O3)[C@@H](C)O2)[C@@H](C)O1. The molecule has 8 aliphatic heterocycles. The van der Waals surface area contributed by atoms with E-state index in [0.717, 1.165) is 38.5 Å². The van der Waals surface area contributed by atoms with Crippen molar-refractivity contribution in [2.45, 2.75) is 323 Å². The van der Waals surface area contributed by atoms with Crippen LogP contribution in [0.25, 0.3) is 0 Å². The molecule has 510 valence electrons. The highest BCUT2D eigenvalue weighted by molar-refractivity contribution is 5.93. The van der Waals surface area contributed by atoms with Crippen LogP contribution in [0.4, 0.5) is 0 Å². The van der Waals surface area contributed by atoms with Gasteiger partial charge in [0.05, 0.1) is 91.4 Å². The molecular weight excluding hydrogens is 1170 g/mol. The fourth-order valence-corrected chi connectivity index (χ4v) is 17.6. The minimum Gasteiger partial charge on any atom is -0.455 e.